The third-order valence-corrected chi connectivity index (χ3v) is 9.64. The molecule has 2 saturated heterocycles. The minimum absolute atomic E-state index is 0.0192. The summed E-state index contributed by atoms with van der Waals surface area (Å²) in [6.45, 7) is 3.66. The van der Waals surface area contributed by atoms with E-state index in [1.165, 1.54) is 28.9 Å². The van der Waals surface area contributed by atoms with Gasteiger partial charge in [-0.2, -0.15) is 0 Å². The number of alkyl carbamates (subject to hydrolysis) is 1. The molecule has 0 spiro atoms. The van der Waals surface area contributed by atoms with Gasteiger partial charge >= 0.3 is 12.1 Å². The van der Waals surface area contributed by atoms with Crippen molar-refractivity contribution in [3.8, 4) is 5.75 Å². The summed E-state index contributed by atoms with van der Waals surface area (Å²) in [5.74, 6) is -1.44. The Kier molecular flexibility index (Phi) is 13.3. The van der Waals surface area contributed by atoms with Gasteiger partial charge in [-0.15, -0.1) is 0 Å². The average Bonchev–Trinajstić information content (AvgIpc) is 3.89. The number of fused-ring (bicyclic) bond motifs is 5. The van der Waals surface area contributed by atoms with Crippen LogP contribution in [0.3, 0.4) is 0 Å². The second-order valence-corrected chi connectivity index (χ2v) is 13.4. The highest BCUT2D eigenvalue weighted by Crippen LogP contribution is 2.40. The lowest BCUT2D eigenvalue weighted by atomic mass is 9.89. The largest absolute Gasteiger partial charge is 0.495 e. The topological polar surface area (TPSA) is 157 Å². The number of esters is 1. The number of amides is 4. The molecule has 4 unspecified atom stereocenters. The summed E-state index contributed by atoms with van der Waals surface area (Å²) in [7, 11) is 7.65. The first kappa shape index (κ1) is 38.7. The number of nitrogens with one attached hydrogen (secondary N) is 1. The van der Waals surface area contributed by atoms with Crippen molar-refractivity contribution in [2.75, 3.05) is 53.4 Å². The van der Waals surface area contributed by atoms with Gasteiger partial charge in [0, 0.05) is 53.6 Å². The summed E-state index contributed by atoms with van der Waals surface area (Å²) < 4.78 is 28.9. The van der Waals surface area contributed by atoms with Crippen LogP contribution in [0.4, 0.5) is 10.5 Å². The lowest BCUT2D eigenvalue weighted by Crippen LogP contribution is -2.53. The second kappa shape index (κ2) is 17.2. The van der Waals surface area contributed by atoms with Crippen LogP contribution in [0.2, 0.25) is 5.02 Å². The van der Waals surface area contributed by atoms with E-state index in [2.05, 4.69) is 5.32 Å². The molecule has 7 atom stereocenters. The van der Waals surface area contributed by atoms with Crippen molar-refractivity contribution in [1.82, 2.24) is 15.1 Å². The van der Waals surface area contributed by atoms with Crippen molar-refractivity contribution in [3.05, 3.63) is 46.5 Å². The predicted octanol–water partition coefficient (Wildman–Crippen LogP) is 2.89. The zero-order valence-electron chi connectivity index (χ0n) is 29.6. The summed E-state index contributed by atoms with van der Waals surface area (Å²) in [5, 5.41) is 3.10. The second-order valence-electron chi connectivity index (χ2n) is 13.0. The summed E-state index contributed by atoms with van der Waals surface area (Å²) >= 11 is 6.71. The van der Waals surface area contributed by atoms with E-state index >= 15 is 0 Å². The number of rotatable bonds is 9. The Balaban J connectivity index is 1.65. The van der Waals surface area contributed by atoms with E-state index in [0.29, 0.717) is 30.7 Å². The molecule has 14 nitrogen and oxygen atoms in total. The van der Waals surface area contributed by atoms with Crippen LogP contribution in [0, 0.1) is 5.92 Å². The van der Waals surface area contributed by atoms with Crippen molar-refractivity contribution >= 4 is 47.6 Å². The van der Waals surface area contributed by atoms with Gasteiger partial charge < -0.3 is 43.7 Å². The van der Waals surface area contributed by atoms with E-state index in [4.69, 9.17) is 35.3 Å². The van der Waals surface area contributed by atoms with Gasteiger partial charge in [0.05, 0.1) is 37.5 Å². The Morgan fingerprint density at radius 2 is 1.92 bits per heavy atom. The predicted molar refractivity (Wildman–Crippen MR) is 184 cm³/mol. The molecule has 4 rings (SSSR count). The number of hydrogen-bond acceptors (Lipinski definition) is 10. The first-order valence-corrected chi connectivity index (χ1v) is 16.8. The number of allylic oxidation sites excluding steroid dienone is 3. The zero-order valence-corrected chi connectivity index (χ0v) is 30.3. The fourth-order valence-electron chi connectivity index (χ4n) is 6.18. The number of benzene rings is 1. The minimum atomic E-state index is -1.03. The number of halogens is 1. The Hall–Kier alpha value is -4.14. The van der Waals surface area contributed by atoms with E-state index in [0.717, 1.165) is 11.1 Å². The highest BCUT2D eigenvalue weighted by atomic mass is 35.5. The maximum absolute atomic E-state index is 13.9. The monoisotopic (exact) mass is 718 g/mol. The van der Waals surface area contributed by atoms with Gasteiger partial charge in [-0.25, -0.2) is 4.79 Å². The third-order valence-electron chi connectivity index (χ3n) is 9.26. The summed E-state index contributed by atoms with van der Waals surface area (Å²) in [4.78, 5) is 67.2. The molecule has 0 aliphatic carbocycles. The minimum Gasteiger partial charge on any atom is -0.495 e. The van der Waals surface area contributed by atoms with Gasteiger partial charge in [0.2, 0.25) is 18.2 Å². The molecule has 3 aliphatic rings. The molecule has 50 heavy (non-hydrogen) atoms. The first-order valence-electron chi connectivity index (χ1n) is 16.5. The van der Waals surface area contributed by atoms with E-state index in [1.54, 1.807) is 21.2 Å². The SMILES string of the molecule is COc1cc2cc(c1Cl)N(C)C(=O)C[C@H](OC(=O)CN(C)C(=O)CCN(C)C=O)C1OC1[C@H](C)C1CC(NC(=O)O1)[C@H](OC)/C=C/C=C(\C)C2. The molecule has 0 radical (unpaired) electrons. The fraction of sp³-hybridized carbons (Fsp3) is 0.571. The Morgan fingerprint density at radius 1 is 1.18 bits per heavy atom. The number of carbonyl (C=O) groups excluding carboxylic acids is 5. The first-order chi connectivity index (χ1) is 23.8. The lowest BCUT2D eigenvalue weighted by molar-refractivity contribution is -0.155. The number of likely N-dealkylation sites (N-methyl/N-ethyl adjacent to an activating group) is 1. The van der Waals surface area contributed by atoms with Crippen LogP contribution in [0.1, 0.15) is 38.7 Å². The number of ether oxygens (including phenoxy) is 5. The Bertz CT molecular complexity index is 1500. The van der Waals surface area contributed by atoms with Crippen LogP contribution in [0.15, 0.2) is 35.9 Å². The number of nitrogens with zero attached hydrogens (tertiary/aromatic N) is 3. The van der Waals surface area contributed by atoms with Crippen LogP contribution in [-0.2, 0) is 44.5 Å². The maximum Gasteiger partial charge on any atom is 0.407 e. The van der Waals surface area contributed by atoms with E-state index in [9.17, 15) is 24.0 Å². The average molecular weight is 719 g/mol. The third kappa shape index (κ3) is 9.76. The van der Waals surface area contributed by atoms with Gasteiger partial charge in [-0.3, -0.25) is 19.2 Å². The van der Waals surface area contributed by atoms with Crippen LogP contribution in [0.25, 0.3) is 0 Å². The van der Waals surface area contributed by atoms with E-state index in [-0.39, 0.29) is 48.8 Å². The van der Waals surface area contributed by atoms with Crippen molar-refractivity contribution in [3.63, 3.8) is 0 Å². The highest BCUT2D eigenvalue weighted by molar-refractivity contribution is 6.35. The smallest absolute Gasteiger partial charge is 0.407 e. The van der Waals surface area contributed by atoms with Crippen LogP contribution >= 0.6 is 11.6 Å². The molecular formula is C35H47ClN4O10. The normalized spacial score (nSPS) is 28.5. The molecule has 274 valence electrons. The molecule has 3 heterocycles. The maximum atomic E-state index is 13.9. The summed E-state index contributed by atoms with van der Waals surface area (Å²) in [5.41, 5.74) is 2.26. The Labute approximate surface area is 297 Å². The van der Waals surface area contributed by atoms with Gasteiger partial charge in [0.15, 0.2) is 0 Å². The molecule has 15 heteroatoms. The number of methoxy groups -OCH3 is 2. The van der Waals surface area contributed by atoms with Gasteiger partial charge in [0.25, 0.3) is 0 Å². The molecular weight excluding hydrogens is 672 g/mol. The molecule has 4 bridgehead atoms. The fourth-order valence-corrected chi connectivity index (χ4v) is 6.49. The molecule has 1 N–H and O–H groups in total. The zero-order chi connectivity index (χ0) is 36.7. The number of carbonyl (C=O) groups is 5. The molecule has 2 fully saturated rings. The van der Waals surface area contributed by atoms with Crippen molar-refractivity contribution < 1.29 is 47.7 Å². The van der Waals surface area contributed by atoms with Crippen molar-refractivity contribution in [1.29, 1.82) is 0 Å². The summed E-state index contributed by atoms with van der Waals surface area (Å²) in [6, 6.07) is 3.24. The van der Waals surface area contributed by atoms with Gasteiger partial charge in [-0.1, -0.05) is 42.3 Å². The van der Waals surface area contributed by atoms with Crippen molar-refractivity contribution in [2.45, 2.75) is 76.1 Å². The Morgan fingerprint density at radius 3 is 2.60 bits per heavy atom. The molecule has 3 aliphatic heterocycles. The number of epoxide rings is 1. The van der Waals surface area contributed by atoms with E-state index in [1.807, 2.05) is 44.2 Å². The van der Waals surface area contributed by atoms with Crippen LogP contribution in [-0.4, -0.2) is 125 Å². The van der Waals surface area contributed by atoms with Crippen LogP contribution in [0.5, 0.6) is 5.75 Å². The van der Waals surface area contributed by atoms with E-state index < -0.39 is 48.5 Å². The molecule has 0 aromatic heterocycles. The lowest BCUT2D eigenvalue weighted by Gasteiger charge is -2.35. The summed E-state index contributed by atoms with van der Waals surface area (Å²) in [6.07, 6.45) is 3.22. The number of anilines is 1. The van der Waals surface area contributed by atoms with Gasteiger partial charge in [0.1, 0.15) is 35.6 Å². The standard InChI is InChI=1S/C35H47ClN4O10/c1-20-9-8-10-25(46-6)23-16-26(49-35(45)37-23)21(2)33-34(50-33)28(48-31(44)18-39(4)29(42)11-12-38(3)19-41)17-30(43)40(5)24-14-22(13-20)15-27(47-7)32(24)36/h8-10,14-15,19,21,23,25-26,28,33-34H,11-13,16-18H2,1-7H3,(H,37,45)/b10-8+,20-9+/t21-,23?,25-,26?,28+,33?,34?/m1/s1. The van der Waals surface area contributed by atoms with Gasteiger partial charge in [-0.05, 0) is 31.0 Å². The van der Waals surface area contributed by atoms with Crippen molar-refractivity contribution in [2.24, 2.45) is 5.92 Å². The molecule has 1 aromatic rings. The highest BCUT2D eigenvalue weighted by Gasteiger charge is 2.54. The quantitative estimate of drug-likeness (QED) is 0.229. The number of hydrogen-bond donors (Lipinski definition) is 1. The molecule has 4 amide bonds. The molecule has 0 saturated carbocycles. The van der Waals surface area contributed by atoms with Crippen LogP contribution < -0.4 is 15.0 Å². The molecule has 1 aromatic carbocycles.